The minimum atomic E-state index is -0.509. The van der Waals surface area contributed by atoms with E-state index in [9.17, 15) is 5.11 Å². The number of thiol groups is 1. The second-order valence-corrected chi connectivity index (χ2v) is 3.56. The highest BCUT2D eigenvalue weighted by Crippen LogP contribution is 2.13. The highest BCUT2D eigenvalue weighted by molar-refractivity contribution is 7.80. The molecule has 1 aromatic carbocycles. The average molecular weight is 218 g/mol. The molecule has 0 spiro atoms. The van der Waals surface area contributed by atoms with Crippen molar-refractivity contribution in [1.82, 2.24) is 0 Å². The second kappa shape index (κ2) is 5.37. The van der Waals surface area contributed by atoms with Crippen LogP contribution < -0.4 is 5.32 Å². The molecule has 0 aliphatic rings. The lowest BCUT2D eigenvalue weighted by molar-refractivity contribution is 0.211. The first-order valence-electron chi connectivity index (χ1n) is 3.99. The molecule has 13 heavy (non-hydrogen) atoms. The van der Waals surface area contributed by atoms with Crippen molar-refractivity contribution >= 4 is 29.9 Å². The van der Waals surface area contributed by atoms with Gasteiger partial charge in [0.15, 0.2) is 0 Å². The molecule has 2 N–H and O–H groups in total. The van der Waals surface area contributed by atoms with Crippen LogP contribution in [0.3, 0.4) is 0 Å². The van der Waals surface area contributed by atoms with Gasteiger partial charge in [0.05, 0.1) is 12.0 Å². The summed E-state index contributed by atoms with van der Waals surface area (Å²) >= 11 is 9.64. The van der Waals surface area contributed by atoms with E-state index < -0.39 is 6.10 Å². The number of hydrogen-bond acceptors (Lipinski definition) is 3. The number of anilines is 1. The fraction of sp³-hybridized carbons (Fsp3) is 0.333. The van der Waals surface area contributed by atoms with Crippen LogP contribution in [0.2, 0.25) is 0 Å². The molecule has 0 radical (unpaired) electrons. The van der Waals surface area contributed by atoms with Crippen LogP contribution in [0.15, 0.2) is 29.2 Å². The van der Waals surface area contributed by atoms with Crippen molar-refractivity contribution in [2.45, 2.75) is 11.0 Å². The van der Waals surface area contributed by atoms with E-state index >= 15 is 0 Å². The Balaban J connectivity index is 2.45. The van der Waals surface area contributed by atoms with Gasteiger partial charge in [-0.25, -0.2) is 0 Å². The van der Waals surface area contributed by atoms with Crippen molar-refractivity contribution in [1.29, 1.82) is 0 Å². The van der Waals surface area contributed by atoms with E-state index in [4.69, 9.17) is 11.6 Å². The van der Waals surface area contributed by atoms with E-state index in [0.29, 0.717) is 6.54 Å². The Labute approximate surface area is 88.3 Å². The van der Waals surface area contributed by atoms with Crippen molar-refractivity contribution in [3.8, 4) is 0 Å². The molecule has 0 saturated heterocycles. The number of benzene rings is 1. The van der Waals surface area contributed by atoms with Gasteiger partial charge in [-0.1, -0.05) is 6.07 Å². The first-order valence-corrected chi connectivity index (χ1v) is 4.97. The maximum absolute atomic E-state index is 9.17. The van der Waals surface area contributed by atoms with Crippen LogP contribution in [0, 0.1) is 0 Å². The standard InChI is InChI=1S/C9H12ClNOS/c10-5-8(12)6-11-7-2-1-3-9(13)4-7/h1-4,8,11-13H,5-6H2. The molecule has 72 valence electrons. The number of nitrogens with one attached hydrogen (secondary N) is 1. The Hall–Kier alpha value is -0.380. The molecule has 1 aromatic rings. The molecule has 1 rings (SSSR count). The van der Waals surface area contributed by atoms with E-state index in [1.807, 2.05) is 24.3 Å². The molecule has 0 heterocycles. The van der Waals surface area contributed by atoms with Gasteiger partial charge < -0.3 is 10.4 Å². The molecule has 2 nitrogen and oxygen atoms in total. The Morgan fingerprint density at radius 2 is 2.31 bits per heavy atom. The third-order valence-electron chi connectivity index (χ3n) is 1.57. The molecule has 0 amide bonds. The predicted molar refractivity (Wildman–Crippen MR) is 58.9 cm³/mol. The number of halogens is 1. The molecule has 0 fully saturated rings. The Bertz CT molecular complexity index is 270. The normalized spacial score (nSPS) is 12.5. The van der Waals surface area contributed by atoms with E-state index in [2.05, 4.69) is 17.9 Å². The van der Waals surface area contributed by atoms with Gasteiger partial charge in [0, 0.05) is 17.1 Å². The largest absolute Gasteiger partial charge is 0.390 e. The van der Waals surface area contributed by atoms with E-state index in [-0.39, 0.29) is 5.88 Å². The van der Waals surface area contributed by atoms with Crippen molar-refractivity contribution < 1.29 is 5.11 Å². The number of aliphatic hydroxyl groups excluding tert-OH is 1. The van der Waals surface area contributed by atoms with Gasteiger partial charge in [-0.2, -0.15) is 0 Å². The van der Waals surface area contributed by atoms with Crippen LogP contribution >= 0.6 is 24.2 Å². The lowest BCUT2D eigenvalue weighted by atomic mass is 10.3. The van der Waals surface area contributed by atoms with Gasteiger partial charge in [-0.05, 0) is 18.2 Å². The Morgan fingerprint density at radius 1 is 1.54 bits per heavy atom. The van der Waals surface area contributed by atoms with Crippen molar-refractivity contribution in [2.24, 2.45) is 0 Å². The Morgan fingerprint density at radius 3 is 2.92 bits per heavy atom. The van der Waals surface area contributed by atoms with Crippen LogP contribution in [0.5, 0.6) is 0 Å². The number of hydrogen-bond donors (Lipinski definition) is 3. The summed E-state index contributed by atoms with van der Waals surface area (Å²) in [5.41, 5.74) is 0.941. The molecule has 0 aliphatic carbocycles. The predicted octanol–water partition coefficient (Wildman–Crippen LogP) is 1.99. The van der Waals surface area contributed by atoms with Gasteiger partial charge in [-0.3, -0.25) is 0 Å². The van der Waals surface area contributed by atoms with E-state index in [1.165, 1.54) is 0 Å². The summed E-state index contributed by atoms with van der Waals surface area (Å²) in [4.78, 5) is 0.894. The van der Waals surface area contributed by atoms with Crippen molar-refractivity contribution in [2.75, 3.05) is 17.7 Å². The lowest BCUT2D eigenvalue weighted by Gasteiger charge is -2.09. The molecular formula is C9H12ClNOS. The molecule has 0 bridgehead atoms. The minimum Gasteiger partial charge on any atom is -0.390 e. The Kier molecular flexibility index (Phi) is 4.42. The third-order valence-corrected chi connectivity index (χ3v) is 2.20. The van der Waals surface area contributed by atoms with Crippen molar-refractivity contribution in [3.05, 3.63) is 24.3 Å². The van der Waals surface area contributed by atoms with E-state index in [0.717, 1.165) is 10.6 Å². The summed E-state index contributed by atoms with van der Waals surface area (Å²) in [6.07, 6.45) is -0.509. The van der Waals surface area contributed by atoms with Gasteiger partial charge in [0.1, 0.15) is 0 Å². The van der Waals surface area contributed by atoms with Crippen LogP contribution in [0.1, 0.15) is 0 Å². The number of rotatable bonds is 4. The highest BCUT2D eigenvalue weighted by Gasteiger charge is 2.00. The monoisotopic (exact) mass is 217 g/mol. The fourth-order valence-corrected chi connectivity index (χ4v) is 1.24. The fourth-order valence-electron chi connectivity index (χ4n) is 0.906. The molecular weight excluding hydrogens is 206 g/mol. The molecule has 1 unspecified atom stereocenters. The summed E-state index contributed by atoms with van der Waals surface area (Å²) in [7, 11) is 0. The maximum Gasteiger partial charge on any atom is 0.0847 e. The average Bonchev–Trinajstić information content (AvgIpc) is 2.14. The SMILES string of the molecule is OC(CCl)CNc1cccc(S)c1. The third kappa shape index (κ3) is 3.89. The van der Waals surface area contributed by atoms with Crippen LogP contribution in [0.4, 0.5) is 5.69 Å². The zero-order valence-electron chi connectivity index (χ0n) is 7.07. The molecule has 0 aliphatic heterocycles. The maximum atomic E-state index is 9.17. The summed E-state index contributed by atoms with van der Waals surface area (Å²) in [6.45, 7) is 0.459. The second-order valence-electron chi connectivity index (χ2n) is 2.74. The highest BCUT2D eigenvalue weighted by atomic mass is 35.5. The van der Waals surface area contributed by atoms with Crippen LogP contribution in [0.25, 0.3) is 0 Å². The lowest BCUT2D eigenvalue weighted by Crippen LogP contribution is -2.20. The molecule has 0 aromatic heterocycles. The quantitative estimate of drug-likeness (QED) is 0.533. The summed E-state index contributed by atoms with van der Waals surface area (Å²) in [5.74, 6) is 0.244. The first-order chi connectivity index (χ1) is 6.22. The first kappa shape index (κ1) is 10.7. The summed E-state index contributed by atoms with van der Waals surface area (Å²) < 4.78 is 0. The minimum absolute atomic E-state index is 0.244. The molecule has 1 atom stereocenters. The zero-order valence-corrected chi connectivity index (χ0v) is 8.72. The van der Waals surface area contributed by atoms with Gasteiger partial charge in [0.25, 0.3) is 0 Å². The smallest absolute Gasteiger partial charge is 0.0847 e. The zero-order chi connectivity index (χ0) is 9.68. The van der Waals surface area contributed by atoms with Gasteiger partial charge in [0.2, 0.25) is 0 Å². The van der Waals surface area contributed by atoms with Crippen LogP contribution in [-0.4, -0.2) is 23.6 Å². The summed E-state index contributed by atoms with van der Waals surface area (Å²) in [5, 5.41) is 12.2. The number of aliphatic hydroxyl groups is 1. The summed E-state index contributed by atoms with van der Waals surface area (Å²) in [6, 6.07) is 7.61. The van der Waals surface area contributed by atoms with Gasteiger partial charge >= 0.3 is 0 Å². The topological polar surface area (TPSA) is 32.3 Å². The van der Waals surface area contributed by atoms with Crippen LogP contribution in [-0.2, 0) is 0 Å². The van der Waals surface area contributed by atoms with Crippen molar-refractivity contribution in [3.63, 3.8) is 0 Å². The van der Waals surface area contributed by atoms with E-state index in [1.54, 1.807) is 0 Å². The molecule has 0 saturated carbocycles. The number of alkyl halides is 1. The molecule has 4 heteroatoms. The van der Waals surface area contributed by atoms with Gasteiger partial charge in [-0.15, -0.1) is 24.2 Å².